The van der Waals surface area contributed by atoms with Crippen LogP contribution in [-0.4, -0.2) is 33.6 Å². The van der Waals surface area contributed by atoms with E-state index in [9.17, 15) is 4.79 Å². The number of aliphatic hydroxyl groups excluding tert-OH is 1. The van der Waals surface area contributed by atoms with Crippen LogP contribution < -0.4 is 5.32 Å². The average Bonchev–Trinajstić information content (AvgIpc) is 2.69. The van der Waals surface area contributed by atoms with Crippen molar-refractivity contribution in [3.05, 3.63) is 36.3 Å². The zero-order chi connectivity index (χ0) is 10.7. The number of carbonyl (C=O) groups is 1. The maximum atomic E-state index is 11.5. The monoisotopic (exact) mass is 205 g/mol. The Morgan fingerprint density at radius 1 is 1.53 bits per heavy atom. The van der Waals surface area contributed by atoms with Gasteiger partial charge in [0.15, 0.2) is 0 Å². The van der Waals surface area contributed by atoms with E-state index in [1.165, 1.54) is 0 Å². The van der Waals surface area contributed by atoms with Gasteiger partial charge < -0.3 is 14.8 Å². The van der Waals surface area contributed by atoms with E-state index in [-0.39, 0.29) is 19.1 Å². The predicted molar refractivity (Wildman–Crippen MR) is 54.6 cm³/mol. The number of aliphatic hydroxyl groups is 1. The first-order chi connectivity index (χ1) is 7.31. The van der Waals surface area contributed by atoms with E-state index in [1.807, 2.05) is 24.4 Å². The molecule has 0 spiro atoms. The van der Waals surface area contributed by atoms with Gasteiger partial charge in [0.2, 0.25) is 0 Å². The molecule has 5 heteroatoms. The summed E-state index contributed by atoms with van der Waals surface area (Å²) in [5.41, 5.74) is 1.08. The van der Waals surface area contributed by atoms with Crippen LogP contribution in [0.2, 0.25) is 0 Å². The number of amides is 1. The molecule has 78 valence electrons. The minimum atomic E-state index is -0.271. The minimum absolute atomic E-state index is 0.0703. The normalized spacial score (nSPS) is 10.5. The number of fused-ring (bicyclic) bond motifs is 1. The molecule has 2 N–H and O–H groups in total. The molecule has 0 bridgehead atoms. The zero-order valence-electron chi connectivity index (χ0n) is 8.05. The van der Waals surface area contributed by atoms with Crippen molar-refractivity contribution in [3.63, 3.8) is 0 Å². The highest BCUT2D eigenvalue weighted by molar-refractivity contribution is 5.92. The number of pyridine rings is 1. The zero-order valence-corrected chi connectivity index (χ0v) is 8.05. The minimum Gasteiger partial charge on any atom is -0.395 e. The SMILES string of the molecule is O=C(NCCO)c1cn2ccccc2n1. The first-order valence-electron chi connectivity index (χ1n) is 4.64. The molecule has 2 aromatic heterocycles. The van der Waals surface area contributed by atoms with Gasteiger partial charge in [-0.25, -0.2) is 4.98 Å². The lowest BCUT2D eigenvalue weighted by Crippen LogP contribution is -2.26. The summed E-state index contributed by atoms with van der Waals surface area (Å²) < 4.78 is 1.77. The Bertz CT molecular complexity index is 445. The summed E-state index contributed by atoms with van der Waals surface area (Å²) in [6.45, 7) is 0.172. The molecule has 0 saturated heterocycles. The van der Waals surface area contributed by atoms with Crippen LogP contribution in [0.15, 0.2) is 30.6 Å². The molecule has 0 aromatic carbocycles. The van der Waals surface area contributed by atoms with Crippen LogP contribution in [0.4, 0.5) is 0 Å². The molecule has 5 nitrogen and oxygen atoms in total. The molecule has 15 heavy (non-hydrogen) atoms. The van der Waals surface area contributed by atoms with Crippen molar-refractivity contribution >= 4 is 11.6 Å². The number of rotatable bonds is 3. The van der Waals surface area contributed by atoms with E-state index in [1.54, 1.807) is 10.6 Å². The van der Waals surface area contributed by atoms with Gasteiger partial charge in [0, 0.05) is 18.9 Å². The summed E-state index contributed by atoms with van der Waals surface area (Å²) in [6.07, 6.45) is 3.48. The first kappa shape index (κ1) is 9.67. The van der Waals surface area contributed by atoms with Crippen LogP contribution in [0.1, 0.15) is 10.5 Å². The molecule has 1 amide bonds. The van der Waals surface area contributed by atoms with Crippen molar-refractivity contribution in [2.24, 2.45) is 0 Å². The van der Waals surface area contributed by atoms with Crippen molar-refractivity contribution in [1.82, 2.24) is 14.7 Å². The van der Waals surface area contributed by atoms with Crippen molar-refractivity contribution in [3.8, 4) is 0 Å². The molecule has 2 heterocycles. The molecule has 2 aromatic rings. The highest BCUT2D eigenvalue weighted by Crippen LogP contribution is 2.03. The lowest BCUT2D eigenvalue weighted by Gasteiger charge is -1.97. The van der Waals surface area contributed by atoms with E-state index in [0.29, 0.717) is 5.69 Å². The molecule has 0 atom stereocenters. The number of nitrogens with one attached hydrogen (secondary N) is 1. The third-order valence-corrected chi connectivity index (χ3v) is 1.99. The summed E-state index contributed by atoms with van der Waals surface area (Å²) in [7, 11) is 0. The van der Waals surface area contributed by atoms with Crippen molar-refractivity contribution in [2.75, 3.05) is 13.2 Å². The summed E-state index contributed by atoms with van der Waals surface area (Å²) >= 11 is 0. The number of aromatic nitrogens is 2. The fourth-order valence-electron chi connectivity index (χ4n) is 1.30. The molecular formula is C10H11N3O2. The highest BCUT2D eigenvalue weighted by atomic mass is 16.3. The smallest absolute Gasteiger partial charge is 0.271 e. The van der Waals surface area contributed by atoms with E-state index in [0.717, 1.165) is 5.65 Å². The quantitative estimate of drug-likeness (QED) is 0.744. The number of hydrogen-bond donors (Lipinski definition) is 2. The first-order valence-corrected chi connectivity index (χ1v) is 4.64. The summed E-state index contributed by atoms with van der Waals surface area (Å²) in [6, 6.07) is 5.55. The Kier molecular flexibility index (Phi) is 2.64. The maximum absolute atomic E-state index is 11.5. The van der Waals surface area contributed by atoms with Gasteiger partial charge in [0.1, 0.15) is 11.3 Å². The predicted octanol–water partition coefficient (Wildman–Crippen LogP) is 0.0564. The second-order valence-corrected chi connectivity index (χ2v) is 3.07. The van der Waals surface area contributed by atoms with Gasteiger partial charge in [-0.2, -0.15) is 0 Å². The standard InChI is InChI=1S/C10H11N3O2/c14-6-4-11-10(15)8-7-13-5-2-1-3-9(13)12-8/h1-3,5,7,14H,4,6H2,(H,11,15). The number of hydrogen-bond acceptors (Lipinski definition) is 3. The van der Waals surface area contributed by atoms with Crippen LogP contribution in [0.25, 0.3) is 5.65 Å². The lowest BCUT2D eigenvalue weighted by molar-refractivity contribution is 0.0940. The second-order valence-electron chi connectivity index (χ2n) is 3.07. The Morgan fingerprint density at radius 3 is 3.13 bits per heavy atom. The van der Waals surface area contributed by atoms with Gasteiger partial charge in [0.05, 0.1) is 6.61 Å². The average molecular weight is 205 g/mol. The summed E-state index contributed by atoms with van der Waals surface area (Å²) in [5.74, 6) is -0.271. The van der Waals surface area contributed by atoms with Crippen LogP contribution in [0.3, 0.4) is 0 Å². The third-order valence-electron chi connectivity index (χ3n) is 1.99. The van der Waals surface area contributed by atoms with E-state index < -0.39 is 0 Å². The van der Waals surface area contributed by atoms with Crippen LogP contribution in [0.5, 0.6) is 0 Å². The van der Waals surface area contributed by atoms with Crippen LogP contribution in [-0.2, 0) is 0 Å². The van der Waals surface area contributed by atoms with Gasteiger partial charge in [0.25, 0.3) is 5.91 Å². The van der Waals surface area contributed by atoms with Gasteiger partial charge in [-0.3, -0.25) is 4.79 Å². The molecule has 0 saturated carbocycles. The number of carbonyl (C=O) groups excluding carboxylic acids is 1. The van der Waals surface area contributed by atoms with E-state index in [2.05, 4.69) is 10.3 Å². The molecule has 0 aliphatic heterocycles. The Balaban J connectivity index is 2.25. The summed E-state index contributed by atoms with van der Waals surface area (Å²) in [5, 5.41) is 11.1. The van der Waals surface area contributed by atoms with Gasteiger partial charge in [-0.15, -0.1) is 0 Å². The fourth-order valence-corrected chi connectivity index (χ4v) is 1.30. The molecule has 0 aliphatic rings. The van der Waals surface area contributed by atoms with Gasteiger partial charge in [-0.1, -0.05) is 6.07 Å². The van der Waals surface area contributed by atoms with Gasteiger partial charge in [-0.05, 0) is 12.1 Å². The second kappa shape index (κ2) is 4.10. The summed E-state index contributed by atoms with van der Waals surface area (Å²) in [4.78, 5) is 15.6. The highest BCUT2D eigenvalue weighted by Gasteiger charge is 2.08. The Hall–Kier alpha value is -1.88. The largest absolute Gasteiger partial charge is 0.395 e. The lowest BCUT2D eigenvalue weighted by atomic mass is 10.4. The van der Waals surface area contributed by atoms with Crippen LogP contribution in [0, 0.1) is 0 Å². The number of imidazole rings is 1. The Morgan fingerprint density at radius 2 is 2.40 bits per heavy atom. The van der Waals surface area contributed by atoms with Crippen molar-refractivity contribution in [2.45, 2.75) is 0 Å². The number of nitrogens with zero attached hydrogens (tertiary/aromatic N) is 2. The Labute approximate surface area is 86.4 Å². The molecule has 0 radical (unpaired) electrons. The topological polar surface area (TPSA) is 66.6 Å². The van der Waals surface area contributed by atoms with Crippen molar-refractivity contribution in [1.29, 1.82) is 0 Å². The van der Waals surface area contributed by atoms with Gasteiger partial charge >= 0.3 is 0 Å². The molecular weight excluding hydrogens is 194 g/mol. The van der Waals surface area contributed by atoms with Crippen molar-refractivity contribution < 1.29 is 9.90 Å². The third kappa shape index (κ3) is 1.97. The molecule has 0 unspecified atom stereocenters. The van der Waals surface area contributed by atoms with Crippen LogP contribution >= 0.6 is 0 Å². The van der Waals surface area contributed by atoms with E-state index in [4.69, 9.17) is 5.11 Å². The fraction of sp³-hybridized carbons (Fsp3) is 0.200. The molecule has 2 rings (SSSR count). The van der Waals surface area contributed by atoms with E-state index >= 15 is 0 Å². The molecule has 0 aliphatic carbocycles. The maximum Gasteiger partial charge on any atom is 0.271 e. The molecule has 0 fully saturated rings.